The number of hydrogen-bond donors (Lipinski definition) is 0. The van der Waals surface area contributed by atoms with E-state index in [0.29, 0.717) is 50.5 Å². The minimum Gasteiger partial charge on any atom is -0.466 e. The zero-order valence-electron chi connectivity index (χ0n) is 38.5. The van der Waals surface area contributed by atoms with Crippen LogP contribution in [0.5, 0.6) is 0 Å². The Kier molecular flexibility index (Phi) is 33.7. The Balaban J connectivity index is 2.31. The molecule has 0 bridgehead atoms. The summed E-state index contributed by atoms with van der Waals surface area (Å²) in [6.07, 6.45) is 34.8. The summed E-state index contributed by atoms with van der Waals surface area (Å²) in [5, 5.41) is 0. The maximum absolute atomic E-state index is 12.4. The van der Waals surface area contributed by atoms with Crippen molar-refractivity contribution < 1.29 is 28.5 Å². The van der Waals surface area contributed by atoms with Gasteiger partial charge in [0.05, 0.1) is 25.9 Å². The predicted molar refractivity (Wildman–Crippen MR) is 236 cm³/mol. The van der Waals surface area contributed by atoms with Crippen LogP contribution in [0.4, 0.5) is 0 Å². The fraction of sp³-hybridized carbons (Fsp3) is 0.959. The largest absolute Gasteiger partial charge is 0.466 e. The molecule has 0 aromatic heterocycles. The van der Waals surface area contributed by atoms with Gasteiger partial charge in [0, 0.05) is 38.3 Å². The topological polar surface area (TPSA) is 74.3 Å². The third kappa shape index (κ3) is 28.3. The quantitative estimate of drug-likeness (QED) is 0.0452. The highest BCUT2D eigenvalue weighted by atomic mass is 16.7. The molecule has 56 heavy (non-hydrogen) atoms. The average Bonchev–Trinajstić information content (AvgIpc) is 3.60. The van der Waals surface area contributed by atoms with Crippen LogP contribution in [-0.2, 0) is 28.5 Å². The van der Waals surface area contributed by atoms with Crippen LogP contribution in [0.25, 0.3) is 0 Å². The molecule has 2 atom stereocenters. The van der Waals surface area contributed by atoms with Crippen molar-refractivity contribution in [2.75, 3.05) is 33.4 Å². The molecule has 7 heteroatoms. The van der Waals surface area contributed by atoms with E-state index in [1.54, 1.807) is 0 Å². The number of carbonyl (C=O) groups is 2. The minimum atomic E-state index is -0.441. The molecule has 1 aliphatic heterocycles. The van der Waals surface area contributed by atoms with E-state index in [0.717, 1.165) is 90.0 Å². The van der Waals surface area contributed by atoms with Gasteiger partial charge in [-0.2, -0.15) is 0 Å². The standard InChI is InChI=1S/C49H95NO6/c1-8-12-28-44(29-13-9-2)35-40-53-47(51)32-24-20-17-16-18-22-26-37-49(55-42-46(56-49)34-39-50(7)43(5)6)38-27-23-19-21-25-33-48(52)54-41-36-45(30-14-10-3)31-15-11-4/h43-46H,8-42H2,1-7H3. The van der Waals surface area contributed by atoms with Gasteiger partial charge in [0.1, 0.15) is 0 Å². The number of rotatable bonds is 40. The molecule has 0 aromatic carbocycles. The van der Waals surface area contributed by atoms with Gasteiger partial charge >= 0.3 is 11.9 Å². The molecule has 1 heterocycles. The molecular weight excluding hydrogens is 699 g/mol. The second-order valence-electron chi connectivity index (χ2n) is 17.9. The van der Waals surface area contributed by atoms with Crippen molar-refractivity contribution in [2.45, 2.75) is 259 Å². The van der Waals surface area contributed by atoms with E-state index in [4.69, 9.17) is 18.9 Å². The molecule has 332 valence electrons. The summed E-state index contributed by atoms with van der Waals surface area (Å²) in [6, 6.07) is 0.532. The molecule has 0 amide bonds. The van der Waals surface area contributed by atoms with Gasteiger partial charge in [-0.05, 0) is 77.7 Å². The molecular formula is C49H95NO6. The van der Waals surface area contributed by atoms with Gasteiger partial charge in [-0.15, -0.1) is 0 Å². The van der Waals surface area contributed by atoms with E-state index in [1.165, 1.54) is 103 Å². The molecule has 0 saturated carbocycles. The second kappa shape index (κ2) is 35.7. The van der Waals surface area contributed by atoms with Crippen molar-refractivity contribution in [3.63, 3.8) is 0 Å². The number of ether oxygens (including phenoxy) is 4. The Morgan fingerprint density at radius 1 is 0.589 bits per heavy atom. The van der Waals surface area contributed by atoms with E-state index >= 15 is 0 Å². The van der Waals surface area contributed by atoms with Crippen LogP contribution in [0.2, 0.25) is 0 Å². The molecule has 0 aromatic rings. The number of carbonyl (C=O) groups excluding carboxylic acids is 2. The summed E-state index contributed by atoms with van der Waals surface area (Å²) in [5.41, 5.74) is 0. The normalized spacial score (nSPS) is 17.2. The zero-order valence-corrected chi connectivity index (χ0v) is 38.5. The van der Waals surface area contributed by atoms with E-state index in [-0.39, 0.29) is 18.0 Å². The van der Waals surface area contributed by atoms with Crippen molar-refractivity contribution in [1.82, 2.24) is 4.90 Å². The number of esters is 2. The lowest BCUT2D eigenvalue weighted by atomic mass is 9.93. The third-order valence-corrected chi connectivity index (χ3v) is 12.4. The fourth-order valence-electron chi connectivity index (χ4n) is 8.15. The van der Waals surface area contributed by atoms with Crippen LogP contribution in [-0.4, -0.2) is 68.2 Å². The number of unbranched alkanes of at least 4 members (excludes halogenated alkanes) is 14. The van der Waals surface area contributed by atoms with Crippen LogP contribution >= 0.6 is 0 Å². The highest BCUT2D eigenvalue weighted by molar-refractivity contribution is 5.69. The highest BCUT2D eigenvalue weighted by Crippen LogP contribution is 2.36. The van der Waals surface area contributed by atoms with Crippen molar-refractivity contribution in [1.29, 1.82) is 0 Å². The lowest BCUT2D eigenvalue weighted by Gasteiger charge is -2.29. The van der Waals surface area contributed by atoms with Crippen molar-refractivity contribution >= 4 is 11.9 Å². The summed E-state index contributed by atoms with van der Waals surface area (Å²) in [7, 11) is 2.19. The lowest BCUT2D eigenvalue weighted by Crippen LogP contribution is -2.33. The Labute approximate surface area is 348 Å². The Morgan fingerprint density at radius 3 is 1.38 bits per heavy atom. The molecule has 0 radical (unpaired) electrons. The molecule has 2 unspecified atom stereocenters. The molecule has 1 fully saturated rings. The van der Waals surface area contributed by atoms with Gasteiger partial charge in [-0.3, -0.25) is 9.59 Å². The van der Waals surface area contributed by atoms with Crippen molar-refractivity contribution in [3.05, 3.63) is 0 Å². The van der Waals surface area contributed by atoms with Gasteiger partial charge in [0.25, 0.3) is 0 Å². The fourth-order valence-corrected chi connectivity index (χ4v) is 8.15. The summed E-state index contributed by atoms with van der Waals surface area (Å²) >= 11 is 0. The second-order valence-corrected chi connectivity index (χ2v) is 17.9. The van der Waals surface area contributed by atoms with Crippen LogP contribution in [0.3, 0.4) is 0 Å². The van der Waals surface area contributed by atoms with E-state index < -0.39 is 5.79 Å². The Morgan fingerprint density at radius 2 is 0.982 bits per heavy atom. The molecule has 0 spiro atoms. The van der Waals surface area contributed by atoms with Gasteiger partial charge in [0.2, 0.25) is 0 Å². The van der Waals surface area contributed by atoms with Gasteiger partial charge in [0.15, 0.2) is 5.79 Å². The summed E-state index contributed by atoms with van der Waals surface area (Å²) in [5.74, 6) is 0.942. The SMILES string of the molecule is CCCCC(CCCC)CCOC(=O)CCCCCCCCCC1(CCCCCCCC(=O)OCCC(CCCC)CCCC)OCC(CCN(C)C(C)C)O1. The maximum atomic E-state index is 12.4. The minimum absolute atomic E-state index is 0.00929. The Hall–Kier alpha value is -1.18. The molecule has 1 rings (SSSR count). The Bertz CT molecular complexity index is 897. The first-order valence-electron chi connectivity index (χ1n) is 24.5. The first-order chi connectivity index (χ1) is 27.2. The van der Waals surface area contributed by atoms with Crippen molar-refractivity contribution in [2.24, 2.45) is 11.8 Å². The van der Waals surface area contributed by atoms with Crippen LogP contribution in [0, 0.1) is 11.8 Å². The zero-order chi connectivity index (χ0) is 41.1. The van der Waals surface area contributed by atoms with Crippen LogP contribution in [0.15, 0.2) is 0 Å². The van der Waals surface area contributed by atoms with Gasteiger partial charge in [-0.1, -0.05) is 156 Å². The summed E-state index contributed by atoms with van der Waals surface area (Å²) in [4.78, 5) is 27.1. The molecule has 1 aliphatic rings. The van der Waals surface area contributed by atoms with Gasteiger partial charge < -0.3 is 23.8 Å². The average molecular weight is 794 g/mol. The third-order valence-electron chi connectivity index (χ3n) is 12.4. The van der Waals surface area contributed by atoms with Crippen LogP contribution in [0.1, 0.15) is 241 Å². The summed E-state index contributed by atoms with van der Waals surface area (Å²) < 4.78 is 24.5. The van der Waals surface area contributed by atoms with Gasteiger partial charge in [-0.25, -0.2) is 0 Å². The molecule has 7 nitrogen and oxygen atoms in total. The number of nitrogens with zero attached hydrogens (tertiary/aromatic N) is 1. The lowest BCUT2D eigenvalue weighted by molar-refractivity contribution is -0.180. The highest BCUT2D eigenvalue weighted by Gasteiger charge is 2.40. The summed E-state index contributed by atoms with van der Waals surface area (Å²) in [6.45, 7) is 16.4. The molecule has 0 aliphatic carbocycles. The van der Waals surface area contributed by atoms with E-state index in [2.05, 4.69) is 53.5 Å². The first kappa shape index (κ1) is 52.8. The smallest absolute Gasteiger partial charge is 0.305 e. The van der Waals surface area contributed by atoms with Crippen molar-refractivity contribution in [3.8, 4) is 0 Å². The van der Waals surface area contributed by atoms with E-state index in [9.17, 15) is 9.59 Å². The van der Waals surface area contributed by atoms with E-state index in [1.807, 2.05) is 0 Å². The molecule has 1 saturated heterocycles. The van der Waals surface area contributed by atoms with Crippen LogP contribution < -0.4 is 0 Å². The maximum Gasteiger partial charge on any atom is 0.305 e. The monoisotopic (exact) mass is 794 g/mol. The number of hydrogen-bond acceptors (Lipinski definition) is 7. The molecule has 0 N–H and O–H groups in total. The predicted octanol–water partition coefficient (Wildman–Crippen LogP) is 13.9. The first-order valence-corrected chi connectivity index (χ1v) is 24.5.